The van der Waals surface area contributed by atoms with Crippen LogP contribution in [0.3, 0.4) is 0 Å². The summed E-state index contributed by atoms with van der Waals surface area (Å²) in [6, 6.07) is 11.5. The van der Waals surface area contributed by atoms with E-state index in [-0.39, 0.29) is 17.1 Å². The summed E-state index contributed by atoms with van der Waals surface area (Å²) in [6.07, 6.45) is 1.59. The number of nitrogens with one attached hydrogen (secondary N) is 1. The molecule has 0 radical (unpaired) electrons. The molecule has 1 heterocycles. The van der Waals surface area contributed by atoms with Crippen LogP contribution in [-0.2, 0) is 7.05 Å². The highest BCUT2D eigenvalue weighted by molar-refractivity contribution is 6.05. The first-order chi connectivity index (χ1) is 12.8. The topological polar surface area (TPSA) is 99.3 Å². The van der Waals surface area contributed by atoms with Crippen LogP contribution >= 0.6 is 0 Å². The Kier molecular flexibility index (Phi) is 4.89. The fraction of sp³-hybridized carbons (Fsp3) is 0.158. The second kappa shape index (κ2) is 7.28. The minimum atomic E-state index is -0.532. The van der Waals surface area contributed by atoms with Crippen molar-refractivity contribution < 1.29 is 14.5 Å². The fourth-order valence-corrected chi connectivity index (χ4v) is 2.64. The van der Waals surface area contributed by atoms with E-state index in [1.54, 1.807) is 32.3 Å². The number of rotatable bonds is 5. The van der Waals surface area contributed by atoms with Crippen LogP contribution in [0.1, 0.15) is 21.6 Å². The molecule has 0 saturated heterocycles. The summed E-state index contributed by atoms with van der Waals surface area (Å²) in [7, 11) is 1.71. The SMILES string of the molecule is Cc1ccccc1Oc1cc(NC(=O)c2cn(C)nc2C)cc([N+](=O)[O-])c1. The van der Waals surface area contributed by atoms with Crippen molar-refractivity contribution in [2.24, 2.45) is 7.05 Å². The Labute approximate surface area is 155 Å². The normalized spacial score (nSPS) is 10.5. The third kappa shape index (κ3) is 4.12. The Bertz CT molecular complexity index is 1030. The predicted molar refractivity (Wildman–Crippen MR) is 100 cm³/mol. The zero-order valence-electron chi connectivity index (χ0n) is 15.1. The van der Waals surface area contributed by atoms with Crippen LogP contribution in [0.2, 0.25) is 0 Å². The van der Waals surface area contributed by atoms with Crippen molar-refractivity contribution in [3.05, 3.63) is 75.6 Å². The summed E-state index contributed by atoms with van der Waals surface area (Å²) in [6.45, 7) is 3.59. The molecule has 8 nitrogen and oxygen atoms in total. The Morgan fingerprint density at radius 2 is 1.96 bits per heavy atom. The standard InChI is InChI=1S/C19H18N4O4/c1-12-6-4-5-7-18(12)27-16-9-14(8-15(10-16)23(25)26)20-19(24)17-11-22(3)21-13(17)2/h4-11H,1-3H3,(H,20,24). The minimum absolute atomic E-state index is 0.181. The Hall–Kier alpha value is -3.68. The van der Waals surface area contributed by atoms with E-state index in [1.165, 1.54) is 16.8 Å². The van der Waals surface area contributed by atoms with Crippen LogP contribution in [0.25, 0.3) is 0 Å². The second-order valence-corrected chi connectivity index (χ2v) is 6.10. The number of hydrogen-bond acceptors (Lipinski definition) is 5. The monoisotopic (exact) mass is 366 g/mol. The van der Waals surface area contributed by atoms with E-state index < -0.39 is 10.8 Å². The van der Waals surface area contributed by atoms with Crippen LogP contribution < -0.4 is 10.1 Å². The number of amides is 1. The highest BCUT2D eigenvalue weighted by atomic mass is 16.6. The molecule has 0 aliphatic heterocycles. The molecule has 0 fully saturated rings. The van der Waals surface area contributed by atoms with Crippen LogP contribution in [0, 0.1) is 24.0 Å². The molecule has 1 amide bonds. The van der Waals surface area contributed by atoms with E-state index in [4.69, 9.17) is 4.74 Å². The lowest BCUT2D eigenvalue weighted by Gasteiger charge is -2.11. The molecular formula is C19H18N4O4. The van der Waals surface area contributed by atoms with Crippen molar-refractivity contribution in [3.8, 4) is 11.5 Å². The van der Waals surface area contributed by atoms with Gasteiger partial charge in [0, 0.05) is 25.4 Å². The molecule has 138 valence electrons. The number of carbonyl (C=O) groups excluding carboxylic acids is 1. The fourth-order valence-electron chi connectivity index (χ4n) is 2.64. The smallest absolute Gasteiger partial charge is 0.275 e. The third-order valence-corrected chi connectivity index (χ3v) is 3.94. The average molecular weight is 366 g/mol. The largest absolute Gasteiger partial charge is 0.457 e. The molecule has 3 aromatic rings. The van der Waals surface area contributed by atoms with E-state index >= 15 is 0 Å². The number of aryl methyl sites for hydroxylation is 3. The summed E-state index contributed by atoms with van der Waals surface area (Å²) in [5.74, 6) is 0.443. The quantitative estimate of drug-likeness (QED) is 0.544. The Morgan fingerprint density at radius 1 is 1.22 bits per heavy atom. The molecule has 0 unspecified atom stereocenters. The summed E-state index contributed by atoms with van der Waals surface area (Å²) < 4.78 is 7.32. The van der Waals surface area contributed by atoms with Crippen molar-refractivity contribution in [1.29, 1.82) is 0 Å². The first-order valence-electron chi connectivity index (χ1n) is 8.18. The van der Waals surface area contributed by atoms with Crippen LogP contribution in [-0.4, -0.2) is 20.6 Å². The number of nitro benzene ring substituents is 1. The number of nitro groups is 1. The zero-order valence-corrected chi connectivity index (χ0v) is 15.1. The van der Waals surface area contributed by atoms with Gasteiger partial charge in [-0.25, -0.2) is 0 Å². The summed E-state index contributed by atoms with van der Waals surface area (Å²) in [5.41, 5.74) is 1.93. The number of ether oxygens (including phenoxy) is 1. The molecule has 0 bridgehead atoms. The number of nitrogens with zero attached hydrogens (tertiary/aromatic N) is 3. The first kappa shape index (κ1) is 18.1. The molecule has 0 saturated carbocycles. The molecular weight excluding hydrogens is 348 g/mol. The van der Waals surface area contributed by atoms with E-state index in [9.17, 15) is 14.9 Å². The predicted octanol–water partition coefficient (Wildman–Crippen LogP) is 3.99. The number of hydrogen-bond donors (Lipinski definition) is 1. The van der Waals surface area contributed by atoms with Gasteiger partial charge in [0.15, 0.2) is 0 Å². The number of non-ortho nitro benzene ring substituents is 1. The average Bonchev–Trinajstić information content (AvgIpc) is 2.95. The van der Waals surface area contributed by atoms with E-state index in [0.29, 0.717) is 17.0 Å². The number of carbonyl (C=O) groups is 1. The van der Waals surface area contributed by atoms with Crippen molar-refractivity contribution >= 4 is 17.3 Å². The van der Waals surface area contributed by atoms with Crippen molar-refractivity contribution in [2.45, 2.75) is 13.8 Å². The van der Waals surface area contributed by atoms with Gasteiger partial charge in [-0.15, -0.1) is 0 Å². The Morgan fingerprint density at radius 3 is 2.59 bits per heavy atom. The van der Waals surface area contributed by atoms with E-state index in [1.807, 2.05) is 25.1 Å². The van der Waals surface area contributed by atoms with Gasteiger partial charge in [-0.3, -0.25) is 19.6 Å². The molecule has 0 atom stereocenters. The second-order valence-electron chi connectivity index (χ2n) is 6.10. The maximum absolute atomic E-state index is 12.5. The maximum Gasteiger partial charge on any atom is 0.275 e. The highest BCUT2D eigenvalue weighted by Crippen LogP contribution is 2.31. The van der Waals surface area contributed by atoms with Gasteiger partial charge in [0.25, 0.3) is 11.6 Å². The molecule has 0 aliphatic rings. The molecule has 0 aliphatic carbocycles. The molecule has 1 aromatic heterocycles. The molecule has 2 aromatic carbocycles. The van der Waals surface area contributed by atoms with Crippen LogP contribution in [0.15, 0.2) is 48.7 Å². The molecule has 8 heteroatoms. The number of aromatic nitrogens is 2. The van der Waals surface area contributed by atoms with Crippen molar-refractivity contribution in [1.82, 2.24) is 9.78 Å². The lowest BCUT2D eigenvalue weighted by molar-refractivity contribution is -0.384. The van der Waals surface area contributed by atoms with Gasteiger partial charge in [-0.05, 0) is 25.5 Å². The summed E-state index contributed by atoms with van der Waals surface area (Å²) in [5, 5.41) is 18.1. The van der Waals surface area contributed by atoms with E-state index in [2.05, 4.69) is 10.4 Å². The number of benzene rings is 2. The van der Waals surface area contributed by atoms with Crippen molar-refractivity contribution in [3.63, 3.8) is 0 Å². The Balaban J connectivity index is 1.92. The third-order valence-electron chi connectivity index (χ3n) is 3.94. The van der Waals surface area contributed by atoms with Crippen LogP contribution in [0.4, 0.5) is 11.4 Å². The van der Waals surface area contributed by atoms with E-state index in [0.717, 1.165) is 5.56 Å². The van der Waals surface area contributed by atoms with Gasteiger partial charge in [0.2, 0.25) is 0 Å². The van der Waals surface area contributed by atoms with Crippen LogP contribution in [0.5, 0.6) is 11.5 Å². The lowest BCUT2D eigenvalue weighted by Crippen LogP contribution is -2.12. The minimum Gasteiger partial charge on any atom is -0.457 e. The lowest BCUT2D eigenvalue weighted by atomic mass is 10.2. The molecule has 0 spiro atoms. The molecule has 3 rings (SSSR count). The summed E-state index contributed by atoms with van der Waals surface area (Å²) >= 11 is 0. The van der Waals surface area contributed by atoms with Gasteiger partial charge in [0.1, 0.15) is 11.5 Å². The van der Waals surface area contributed by atoms with Gasteiger partial charge < -0.3 is 10.1 Å². The first-order valence-corrected chi connectivity index (χ1v) is 8.18. The van der Waals surface area contributed by atoms with Gasteiger partial charge in [-0.2, -0.15) is 5.10 Å². The summed E-state index contributed by atoms with van der Waals surface area (Å²) in [4.78, 5) is 23.2. The van der Waals surface area contributed by atoms with Gasteiger partial charge in [-0.1, -0.05) is 18.2 Å². The molecule has 27 heavy (non-hydrogen) atoms. The van der Waals surface area contributed by atoms with Crippen molar-refractivity contribution in [2.75, 3.05) is 5.32 Å². The zero-order chi connectivity index (χ0) is 19.6. The highest BCUT2D eigenvalue weighted by Gasteiger charge is 2.16. The number of para-hydroxylation sites is 1. The van der Waals surface area contributed by atoms with Gasteiger partial charge >= 0.3 is 0 Å². The molecule has 1 N–H and O–H groups in total. The number of anilines is 1. The van der Waals surface area contributed by atoms with Gasteiger partial charge in [0.05, 0.1) is 27.9 Å². The maximum atomic E-state index is 12.5.